The Kier molecular flexibility index (Phi) is 2.56. The van der Waals surface area contributed by atoms with Crippen molar-refractivity contribution in [3.05, 3.63) is 41.4 Å². The number of hydrogen-bond acceptors (Lipinski definition) is 3. The number of ether oxygens (including phenoxy) is 2. The average Bonchev–Trinajstić information content (AvgIpc) is 2.94. The van der Waals surface area contributed by atoms with Crippen LogP contribution >= 0.6 is 11.3 Å². The van der Waals surface area contributed by atoms with E-state index in [0.29, 0.717) is 0 Å². The van der Waals surface area contributed by atoms with Crippen LogP contribution in [0.15, 0.2) is 29.0 Å². The van der Waals surface area contributed by atoms with Crippen LogP contribution in [0.5, 0.6) is 11.5 Å². The van der Waals surface area contributed by atoms with Crippen molar-refractivity contribution in [2.75, 3.05) is 7.11 Å². The Hall–Kier alpha value is -1.48. The van der Waals surface area contributed by atoms with Crippen LogP contribution in [0, 0.1) is 6.92 Å². The van der Waals surface area contributed by atoms with Crippen molar-refractivity contribution in [3.63, 3.8) is 0 Å². The molecule has 0 N–H and O–H groups in total. The minimum Gasteiger partial charge on any atom is -0.497 e. The highest BCUT2D eigenvalue weighted by Gasteiger charge is 2.24. The van der Waals surface area contributed by atoms with E-state index in [1.54, 1.807) is 18.4 Å². The molecule has 0 spiro atoms. The average molecular weight is 245 g/mol. The van der Waals surface area contributed by atoms with Crippen LogP contribution in [0.2, 0.25) is 0 Å². The molecular formula is C14H13O2S. The molecule has 1 aliphatic heterocycles. The lowest BCUT2D eigenvalue weighted by atomic mass is 10.0. The topological polar surface area (TPSA) is 18.5 Å². The fourth-order valence-corrected chi connectivity index (χ4v) is 2.81. The second kappa shape index (κ2) is 4.08. The molecule has 17 heavy (non-hydrogen) atoms. The Morgan fingerprint density at radius 2 is 2.35 bits per heavy atom. The van der Waals surface area contributed by atoms with Crippen LogP contribution in [0.25, 0.3) is 11.1 Å². The van der Waals surface area contributed by atoms with E-state index in [1.807, 2.05) is 12.1 Å². The molecule has 0 saturated carbocycles. The van der Waals surface area contributed by atoms with Crippen LogP contribution in [0.3, 0.4) is 0 Å². The molecule has 0 amide bonds. The van der Waals surface area contributed by atoms with E-state index in [1.165, 1.54) is 11.1 Å². The molecule has 2 aromatic rings. The summed E-state index contributed by atoms with van der Waals surface area (Å²) in [4.78, 5) is 0. The van der Waals surface area contributed by atoms with Crippen LogP contribution in [0.4, 0.5) is 0 Å². The summed E-state index contributed by atoms with van der Waals surface area (Å²) in [6.07, 6.45) is 0.860. The summed E-state index contributed by atoms with van der Waals surface area (Å²) in [6.45, 7) is 3.97. The molecule has 1 unspecified atom stereocenters. The monoisotopic (exact) mass is 245 g/mol. The third-order valence-electron chi connectivity index (χ3n) is 2.94. The smallest absolute Gasteiger partial charge is 0.131 e. The quantitative estimate of drug-likeness (QED) is 0.805. The first-order valence-corrected chi connectivity index (χ1v) is 6.45. The standard InChI is InChI=1S/C14H13O2S/c1-9-5-11-6-12(15-2)7-13(14(11)16-9)10-3-4-17-8-10/h3-4,6-9H,1,5H2,2H3. The summed E-state index contributed by atoms with van der Waals surface area (Å²) in [6, 6.07) is 6.16. The van der Waals surface area contributed by atoms with E-state index in [2.05, 4.69) is 23.8 Å². The maximum atomic E-state index is 5.80. The van der Waals surface area contributed by atoms with Crippen LogP contribution in [-0.2, 0) is 6.42 Å². The first-order valence-electron chi connectivity index (χ1n) is 5.51. The van der Waals surface area contributed by atoms with E-state index in [0.717, 1.165) is 23.5 Å². The van der Waals surface area contributed by atoms with Gasteiger partial charge in [-0.3, -0.25) is 0 Å². The lowest BCUT2D eigenvalue weighted by Gasteiger charge is -2.10. The molecule has 3 heteroatoms. The number of hydrogen-bond donors (Lipinski definition) is 0. The number of rotatable bonds is 2. The lowest BCUT2D eigenvalue weighted by Crippen LogP contribution is -2.06. The fraction of sp³-hybridized carbons (Fsp3) is 0.214. The largest absolute Gasteiger partial charge is 0.497 e. The van der Waals surface area contributed by atoms with E-state index in [4.69, 9.17) is 9.47 Å². The zero-order valence-corrected chi connectivity index (χ0v) is 10.4. The van der Waals surface area contributed by atoms with Gasteiger partial charge in [-0.2, -0.15) is 11.3 Å². The van der Waals surface area contributed by atoms with E-state index in [9.17, 15) is 0 Å². The van der Waals surface area contributed by atoms with Crippen LogP contribution < -0.4 is 9.47 Å². The molecule has 0 saturated heterocycles. The summed E-state index contributed by atoms with van der Waals surface area (Å²) in [5.41, 5.74) is 3.47. The van der Waals surface area contributed by atoms with Gasteiger partial charge < -0.3 is 9.47 Å². The van der Waals surface area contributed by atoms with Crippen molar-refractivity contribution in [1.82, 2.24) is 0 Å². The zero-order chi connectivity index (χ0) is 11.8. The summed E-state index contributed by atoms with van der Waals surface area (Å²) in [5.74, 6) is 1.84. The van der Waals surface area contributed by atoms with Crippen LogP contribution in [0.1, 0.15) is 5.56 Å². The second-order valence-corrected chi connectivity index (χ2v) is 4.90. The normalized spacial score (nSPS) is 17.6. The van der Waals surface area contributed by atoms with Gasteiger partial charge in [-0.05, 0) is 41.4 Å². The van der Waals surface area contributed by atoms with E-state index >= 15 is 0 Å². The maximum absolute atomic E-state index is 5.80. The van der Waals surface area contributed by atoms with Crippen molar-refractivity contribution in [1.29, 1.82) is 0 Å². The molecule has 3 rings (SSSR count). The molecule has 0 aliphatic carbocycles. The minimum atomic E-state index is 0.00879. The minimum absolute atomic E-state index is 0.00879. The molecule has 2 heterocycles. The van der Waals surface area contributed by atoms with Gasteiger partial charge in [0.25, 0.3) is 0 Å². The zero-order valence-electron chi connectivity index (χ0n) is 9.60. The Bertz CT molecular complexity index is 531. The van der Waals surface area contributed by atoms with Crippen molar-refractivity contribution in [2.45, 2.75) is 12.5 Å². The highest BCUT2D eigenvalue weighted by atomic mass is 32.1. The number of fused-ring (bicyclic) bond motifs is 1. The SMILES string of the molecule is [CH2]C1Cc2cc(OC)cc(-c3ccsc3)c2O1. The van der Waals surface area contributed by atoms with Crippen molar-refractivity contribution in [2.24, 2.45) is 0 Å². The van der Waals surface area contributed by atoms with Gasteiger partial charge in [-0.25, -0.2) is 0 Å². The summed E-state index contributed by atoms with van der Waals surface area (Å²) >= 11 is 1.68. The lowest BCUT2D eigenvalue weighted by molar-refractivity contribution is 0.282. The predicted molar refractivity (Wildman–Crippen MR) is 69.8 cm³/mol. The van der Waals surface area contributed by atoms with E-state index in [-0.39, 0.29) is 6.10 Å². The van der Waals surface area contributed by atoms with Gasteiger partial charge in [0.1, 0.15) is 17.6 Å². The highest BCUT2D eigenvalue weighted by molar-refractivity contribution is 7.08. The molecule has 1 aromatic heterocycles. The number of methoxy groups -OCH3 is 1. The summed E-state index contributed by atoms with van der Waals surface area (Å²) in [7, 11) is 1.69. The fourth-order valence-electron chi connectivity index (χ4n) is 2.15. The Morgan fingerprint density at radius 1 is 1.47 bits per heavy atom. The Balaban J connectivity index is 2.17. The molecule has 1 aromatic carbocycles. The third kappa shape index (κ3) is 1.80. The maximum Gasteiger partial charge on any atom is 0.131 e. The predicted octanol–water partition coefficient (Wildman–Crippen LogP) is 3.56. The van der Waals surface area contributed by atoms with Gasteiger partial charge >= 0.3 is 0 Å². The van der Waals surface area contributed by atoms with Crippen molar-refractivity contribution < 1.29 is 9.47 Å². The van der Waals surface area contributed by atoms with Crippen molar-refractivity contribution in [3.8, 4) is 22.6 Å². The molecule has 1 radical (unpaired) electrons. The Labute approximate surface area is 105 Å². The third-order valence-corrected chi connectivity index (χ3v) is 3.62. The summed E-state index contributed by atoms with van der Waals surface area (Å²) < 4.78 is 11.1. The highest BCUT2D eigenvalue weighted by Crippen LogP contribution is 2.42. The van der Waals surface area contributed by atoms with Gasteiger partial charge in [-0.15, -0.1) is 0 Å². The molecular weight excluding hydrogens is 232 g/mol. The second-order valence-electron chi connectivity index (χ2n) is 4.12. The van der Waals surface area contributed by atoms with Gasteiger partial charge in [0.05, 0.1) is 7.11 Å². The van der Waals surface area contributed by atoms with Crippen LogP contribution in [-0.4, -0.2) is 13.2 Å². The van der Waals surface area contributed by atoms with Gasteiger partial charge in [-0.1, -0.05) is 0 Å². The Morgan fingerprint density at radius 3 is 3.06 bits per heavy atom. The van der Waals surface area contributed by atoms with E-state index < -0.39 is 0 Å². The first-order chi connectivity index (χ1) is 8.28. The summed E-state index contributed by atoms with van der Waals surface area (Å²) in [5, 5.41) is 4.19. The first kappa shape index (κ1) is 10.7. The van der Waals surface area contributed by atoms with Gasteiger partial charge in [0, 0.05) is 17.5 Å². The molecule has 87 valence electrons. The van der Waals surface area contributed by atoms with Gasteiger partial charge in [0.15, 0.2) is 0 Å². The molecule has 1 atom stereocenters. The molecule has 0 fully saturated rings. The molecule has 2 nitrogen and oxygen atoms in total. The van der Waals surface area contributed by atoms with Crippen molar-refractivity contribution >= 4 is 11.3 Å². The number of benzene rings is 1. The molecule has 0 bridgehead atoms. The molecule has 1 aliphatic rings. The van der Waals surface area contributed by atoms with Gasteiger partial charge in [0.2, 0.25) is 0 Å². The number of thiophene rings is 1.